The molecule has 0 aliphatic carbocycles. The molecule has 3 aromatic carbocycles. The molecule has 3 heteroatoms. The van der Waals surface area contributed by atoms with Gasteiger partial charge in [0.25, 0.3) is 0 Å². The molecule has 0 aliphatic rings. The van der Waals surface area contributed by atoms with Crippen molar-refractivity contribution in [1.29, 1.82) is 0 Å². The molecule has 0 saturated carbocycles. The quantitative estimate of drug-likeness (QED) is 0.379. The van der Waals surface area contributed by atoms with Crippen LogP contribution in [-0.4, -0.2) is 5.97 Å². The molecule has 0 N–H and O–H groups in total. The van der Waals surface area contributed by atoms with E-state index in [1.165, 1.54) is 18.2 Å². The van der Waals surface area contributed by atoms with Crippen molar-refractivity contribution in [3.05, 3.63) is 96.3 Å². The summed E-state index contributed by atoms with van der Waals surface area (Å²) in [5, 5.41) is 0. The minimum Gasteiger partial charge on any atom is -0.423 e. The number of ether oxygens (including phenoxy) is 1. The Bertz CT molecular complexity index is 835. The fourth-order valence-electron chi connectivity index (χ4n) is 2.23. The second kappa shape index (κ2) is 7.38. The van der Waals surface area contributed by atoms with Crippen LogP contribution < -0.4 is 4.74 Å². The van der Waals surface area contributed by atoms with Crippen LogP contribution in [0.15, 0.2) is 84.9 Å². The van der Waals surface area contributed by atoms with Crippen molar-refractivity contribution >= 4 is 12.0 Å². The molecule has 0 unspecified atom stereocenters. The molecule has 0 fully saturated rings. The second-order valence-electron chi connectivity index (χ2n) is 5.20. The smallest absolute Gasteiger partial charge is 0.336 e. The molecule has 0 bridgehead atoms. The summed E-state index contributed by atoms with van der Waals surface area (Å²) in [5.41, 5.74) is 2.89. The van der Waals surface area contributed by atoms with Gasteiger partial charge in [-0.25, -0.2) is 9.18 Å². The molecule has 24 heavy (non-hydrogen) atoms. The third-order valence-electron chi connectivity index (χ3n) is 3.46. The van der Waals surface area contributed by atoms with Crippen molar-refractivity contribution in [2.45, 2.75) is 0 Å². The number of benzene rings is 3. The average molecular weight is 318 g/mol. The summed E-state index contributed by atoms with van der Waals surface area (Å²) in [4.78, 5) is 11.8. The average Bonchev–Trinajstić information content (AvgIpc) is 2.63. The number of halogens is 1. The van der Waals surface area contributed by atoms with Crippen LogP contribution in [0, 0.1) is 5.82 Å². The van der Waals surface area contributed by atoms with Gasteiger partial charge in [0.05, 0.1) is 0 Å². The summed E-state index contributed by atoms with van der Waals surface area (Å²) in [6.07, 6.45) is 2.90. The van der Waals surface area contributed by atoms with Crippen LogP contribution in [-0.2, 0) is 4.79 Å². The van der Waals surface area contributed by atoms with Gasteiger partial charge in [0.1, 0.15) is 11.6 Å². The number of carbonyl (C=O) groups is 1. The van der Waals surface area contributed by atoms with Crippen LogP contribution >= 0.6 is 0 Å². The summed E-state index contributed by atoms with van der Waals surface area (Å²) in [6, 6.07) is 23.1. The maximum absolute atomic E-state index is 12.8. The Labute approximate surface area is 139 Å². The van der Waals surface area contributed by atoms with E-state index >= 15 is 0 Å². The molecular weight excluding hydrogens is 303 g/mol. The number of rotatable bonds is 4. The molecular formula is C21H15FO2. The minimum absolute atomic E-state index is 0.312. The number of esters is 1. The normalized spacial score (nSPS) is 10.7. The summed E-state index contributed by atoms with van der Waals surface area (Å²) in [7, 11) is 0. The predicted molar refractivity (Wildman–Crippen MR) is 92.9 cm³/mol. The fourth-order valence-corrected chi connectivity index (χ4v) is 2.23. The Morgan fingerprint density at radius 3 is 2.08 bits per heavy atom. The van der Waals surface area contributed by atoms with Gasteiger partial charge < -0.3 is 4.74 Å². The van der Waals surface area contributed by atoms with E-state index in [1.54, 1.807) is 30.3 Å². The summed E-state index contributed by atoms with van der Waals surface area (Å²) >= 11 is 0. The Hall–Kier alpha value is -3.20. The maximum Gasteiger partial charge on any atom is 0.336 e. The van der Waals surface area contributed by atoms with Crippen molar-refractivity contribution in [1.82, 2.24) is 0 Å². The Morgan fingerprint density at radius 1 is 0.792 bits per heavy atom. The van der Waals surface area contributed by atoms with Gasteiger partial charge in [0, 0.05) is 6.08 Å². The SMILES string of the molecule is O=C(C=Cc1ccc(F)cc1)Oc1ccc(-c2ccccc2)cc1. The Morgan fingerprint density at radius 2 is 1.42 bits per heavy atom. The highest BCUT2D eigenvalue weighted by Crippen LogP contribution is 2.22. The standard InChI is InChI=1S/C21H15FO2/c22-19-11-6-16(7-12-19)8-15-21(23)24-20-13-9-18(10-14-20)17-4-2-1-3-5-17/h1-15H. The molecule has 3 aromatic rings. The topological polar surface area (TPSA) is 26.3 Å². The minimum atomic E-state index is -0.480. The number of hydrogen-bond donors (Lipinski definition) is 0. The van der Waals surface area contributed by atoms with Crippen molar-refractivity contribution in [2.75, 3.05) is 0 Å². The summed E-state index contributed by atoms with van der Waals surface area (Å²) < 4.78 is 18.1. The first-order valence-corrected chi connectivity index (χ1v) is 7.52. The first-order valence-electron chi connectivity index (χ1n) is 7.52. The molecule has 0 aromatic heterocycles. The lowest BCUT2D eigenvalue weighted by molar-refractivity contribution is -0.128. The maximum atomic E-state index is 12.8. The van der Waals surface area contributed by atoms with Crippen molar-refractivity contribution in [2.24, 2.45) is 0 Å². The molecule has 118 valence electrons. The van der Waals surface area contributed by atoms with Gasteiger partial charge in [0.2, 0.25) is 0 Å². The predicted octanol–water partition coefficient (Wildman–Crippen LogP) is 5.11. The van der Waals surface area contributed by atoms with Crippen molar-refractivity contribution < 1.29 is 13.9 Å². The van der Waals surface area contributed by atoms with Gasteiger partial charge in [-0.1, -0.05) is 54.6 Å². The van der Waals surface area contributed by atoms with E-state index < -0.39 is 5.97 Å². The molecule has 0 saturated heterocycles. The monoisotopic (exact) mass is 318 g/mol. The lowest BCUT2D eigenvalue weighted by Crippen LogP contribution is -2.03. The summed E-state index contributed by atoms with van der Waals surface area (Å²) in [5.74, 6) is -0.316. The Balaban J connectivity index is 1.63. The van der Waals surface area contributed by atoms with Gasteiger partial charge in [0.15, 0.2) is 0 Å². The molecule has 0 radical (unpaired) electrons. The molecule has 0 heterocycles. The third kappa shape index (κ3) is 4.17. The fraction of sp³-hybridized carbons (Fsp3) is 0. The number of carbonyl (C=O) groups excluding carboxylic acids is 1. The highest BCUT2D eigenvalue weighted by atomic mass is 19.1. The van der Waals surface area contributed by atoms with E-state index in [9.17, 15) is 9.18 Å². The lowest BCUT2D eigenvalue weighted by Gasteiger charge is -2.04. The van der Waals surface area contributed by atoms with Crippen LogP contribution in [0.2, 0.25) is 0 Å². The van der Waals surface area contributed by atoms with E-state index in [1.807, 2.05) is 42.5 Å². The van der Waals surface area contributed by atoms with Crippen molar-refractivity contribution in [3.8, 4) is 16.9 Å². The van der Waals surface area contributed by atoms with Crippen LogP contribution in [0.1, 0.15) is 5.56 Å². The zero-order chi connectivity index (χ0) is 16.8. The zero-order valence-electron chi connectivity index (χ0n) is 12.9. The third-order valence-corrected chi connectivity index (χ3v) is 3.46. The molecule has 2 nitrogen and oxygen atoms in total. The zero-order valence-corrected chi connectivity index (χ0v) is 12.9. The highest BCUT2D eigenvalue weighted by molar-refractivity contribution is 5.88. The van der Waals surface area contributed by atoms with Gasteiger partial charge >= 0.3 is 5.97 Å². The highest BCUT2D eigenvalue weighted by Gasteiger charge is 2.02. The first-order chi connectivity index (χ1) is 11.7. The molecule has 0 spiro atoms. The first kappa shape index (κ1) is 15.7. The summed E-state index contributed by atoms with van der Waals surface area (Å²) in [6.45, 7) is 0. The molecule has 0 amide bonds. The second-order valence-corrected chi connectivity index (χ2v) is 5.20. The van der Waals surface area contributed by atoms with Gasteiger partial charge in [-0.15, -0.1) is 0 Å². The molecule has 0 atom stereocenters. The van der Waals surface area contributed by atoms with E-state index in [-0.39, 0.29) is 5.82 Å². The van der Waals surface area contributed by atoms with Gasteiger partial charge in [-0.3, -0.25) is 0 Å². The number of hydrogen-bond acceptors (Lipinski definition) is 2. The molecule has 0 aliphatic heterocycles. The van der Waals surface area contributed by atoms with Crippen LogP contribution in [0.5, 0.6) is 5.75 Å². The van der Waals surface area contributed by atoms with Crippen LogP contribution in [0.4, 0.5) is 4.39 Å². The van der Waals surface area contributed by atoms with E-state index in [0.717, 1.165) is 16.7 Å². The van der Waals surface area contributed by atoms with Gasteiger partial charge in [-0.2, -0.15) is 0 Å². The van der Waals surface area contributed by atoms with Crippen LogP contribution in [0.25, 0.3) is 17.2 Å². The van der Waals surface area contributed by atoms with E-state index in [2.05, 4.69) is 0 Å². The molecule has 3 rings (SSSR count). The lowest BCUT2D eigenvalue weighted by atomic mass is 10.1. The van der Waals surface area contributed by atoms with E-state index in [0.29, 0.717) is 5.75 Å². The van der Waals surface area contributed by atoms with Crippen LogP contribution in [0.3, 0.4) is 0 Å². The Kier molecular flexibility index (Phi) is 4.82. The van der Waals surface area contributed by atoms with Crippen molar-refractivity contribution in [3.63, 3.8) is 0 Å². The van der Waals surface area contributed by atoms with E-state index in [4.69, 9.17) is 4.74 Å². The largest absolute Gasteiger partial charge is 0.423 e. The van der Waals surface area contributed by atoms with Gasteiger partial charge in [-0.05, 0) is 47.0 Å².